The number of carboxylic acid groups (broad SMARTS) is 1. The number of aliphatic carboxylic acids is 1. The van der Waals surface area contributed by atoms with Gasteiger partial charge in [0.1, 0.15) is 11.6 Å². The molecule has 0 fully saturated rings. The van der Waals surface area contributed by atoms with Crippen molar-refractivity contribution in [2.75, 3.05) is 7.11 Å². The molecule has 0 aliphatic heterocycles. The van der Waals surface area contributed by atoms with Gasteiger partial charge in [-0.15, -0.1) is 0 Å². The van der Waals surface area contributed by atoms with E-state index in [1.54, 1.807) is 24.3 Å². The van der Waals surface area contributed by atoms with Gasteiger partial charge in [0.2, 0.25) is 0 Å². The van der Waals surface area contributed by atoms with Crippen LogP contribution in [0.15, 0.2) is 28.7 Å². The Kier molecular flexibility index (Phi) is 5.13. The second-order valence-corrected chi connectivity index (χ2v) is 5.02. The van der Waals surface area contributed by atoms with Crippen LogP contribution in [-0.2, 0) is 16.1 Å². The van der Waals surface area contributed by atoms with E-state index in [9.17, 15) is 22.8 Å². The molecule has 1 unspecified atom stereocenters. The van der Waals surface area contributed by atoms with Gasteiger partial charge in [-0.3, -0.25) is 4.79 Å². The number of carbonyl (C=O) groups excluding carboxylic acids is 1. The first-order chi connectivity index (χ1) is 11.2. The Morgan fingerprint density at radius 2 is 2.00 bits per heavy atom. The number of methoxy groups -OCH3 is 1. The summed E-state index contributed by atoms with van der Waals surface area (Å²) in [4.78, 5) is 23.2. The van der Waals surface area contributed by atoms with E-state index in [1.165, 1.54) is 7.11 Å². The van der Waals surface area contributed by atoms with Crippen molar-refractivity contribution in [2.45, 2.75) is 25.2 Å². The number of amides is 1. The molecule has 0 saturated heterocycles. The Labute approximate surface area is 134 Å². The fourth-order valence-corrected chi connectivity index (χ4v) is 2.23. The second-order valence-electron chi connectivity index (χ2n) is 5.02. The summed E-state index contributed by atoms with van der Waals surface area (Å²) in [5.41, 5.74) is 0.680. The molecule has 1 aromatic heterocycles. The van der Waals surface area contributed by atoms with Crippen molar-refractivity contribution in [3.63, 3.8) is 0 Å². The van der Waals surface area contributed by atoms with Gasteiger partial charge in [0.25, 0.3) is 5.91 Å². The first-order valence-corrected chi connectivity index (χ1v) is 6.82. The smallest absolute Gasteiger partial charge is 0.391 e. The molecule has 0 aliphatic carbocycles. The van der Waals surface area contributed by atoms with Crippen LogP contribution in [-0.4, -0.2) is 36.3 Å². The number of nitrogens with one attached hydrogen (secondary N) is 1. The van der Waals surface area contributed by atoms with Gasteiger partial charge in [-0.05, 0) is 6.07 Å². The van der Waals surface area contributed by atoms with Crippen LogP contribution < -0.4 is 5.32 Å². The van der Waals surface area contributed by atoms with E-state index in [0.717, 1.165) is 0 Å². The third-order valence-corrected chi connectivity index (χ3v) is 3.23. The number of hydrogen-bond donors (Lipinski definition) is 2. The molecular weight excluding hydrogens is 331 g/mol. The Balaban J connectivity index is 2.33. The molecule has 0 aliphatic rings. The van der Waals surface area contributed by atoms with E-state index in [1.807, 2.05) is 5.32 Å². The van der Waals surface area contributed by atoms with Gasteiger partial charge >= 0.3 is 12.1 Å². The van der Waals surface area contributed by atoms with E-state index in [0.29, 0.717) is 16.5 Å². The molecule has 1 atom stereocenters. The normalized spacial score (nSPS) is 13.0. The highest BCUT2D eigenvalue weighted by Crippen LogP contribution is 2.27. The van der Waals surface area contributed by atoms with Gasteiger partial charge < -0.3 is 19.6 Å². The Bertz CT molecular complexity index is 753. The highest BCUT2D eigenvalue weighted by molar-refractivity contribution is 6.00. The van der Waals surface area contributed by atoms with Crippen molar-refractivity contribution in [1.82, 2.24) is 5.32 Å². The molecule has 24 heavy (non-hydrogen) atoms. The molecule has 0 bridgehead atoms. The topological polar surface area (TPSA) is 88.8 Å². The summed E-state index contributed by atoms with van der Waals surface area (Å²) in [5.74, 6) is -3.11. The number of furan rings is 1. The van der Waals surface area contributed by atoms with Crippen LogP contribution in [0.1, 0.15) is 22.5 Å². The zero-order valence-corrected chi connectivity index (χ0v) is 12.5. The van der Waals surface area contributed by atoms with Crippen molar-refractivity contribution < 1.29 is 37.0 Å². The van der Waals surface area contributed by atoms with Crippen LogP contribution in [0.4, 0.5) is 13.2 Å². The third kappa shape index (κ3) is 4.05. The van der Waals surface area contributed by atoms with Gasteiger partial charge in [-0.1, -0.05) is 18.2 Å². The predicted octanol–water partition coefficient (Wildman–Crippen LogP) is 2.71. The van der Waals surface area contributed by atoms with Crippen LogP contribution in [0.5, 0.6) is 0 Å². The highest BCUT2D eigenvalue weighted by atomic mass is 19.4. The highest BCUT2D eigenvalue weighted by Gasteiger charge is 2.37. The van der Waals surface area contributed by atoms with Crippen molar-refractivity contribution in [3.8, 4) is 0 Å². The minimum atomic E-state index is -4.74. The fraction of sp³-hybridized carbons (Fsp3) is 0.333. The maximum absolute atomic E-state index is 12.4. The number of fused-ring (bicyclic) bond motifs is 1. The number of alkyl halides is 3. The molecule has 1 aromatic carbocycles. The van der Waals surface area contributed by atoms with Crippen LogP contribution >= 0.6 is 0 Å². The number of benzene rings is 1. The summed E-state index contributed by atoms with van der Waals surface area (Å²) in [7, 11) is 1.38. The van der Waals surface area contributed by atoms with E-state index in [-0.39, 0.29) is 12.4 Å². The first-order valence-electron chi connectivity index (χ1n) is 6.82. The Morgan fingerprint density at radius 3 is 2.58 bits per heavy atom. The Hall–Kier alpha value is -2.55. The zero-order chi connectivity index (χ0) is 17.9. The largest absolute Gasteiger partial charge is 0.480 e. The summed E-state index contributed by atoms with van der Waals surface area (Å²) in [5, 5.41) is 11.3. The van der Waals surface area contributed by atoms with Crippen LogP contribution in [0, 0.1) is 0 Å². The average Bonchev–Trinajstić information content (AvgIpc) is 2.85. The van der Waals surface area contributed by atoms with E-state index in [4.69, 9.17) is 14.3 Å². The van der Waals surface area contributed by atoms with E-state index < -0.39 is 30.5 Å². The quantitative estimate of drug-likeness (QED) is 0.840. The number of ether oxygens (including phenoxy) is 1. The first kappa shape index (κ1) is 17.8. The Morgan fingerprint density at radius 1 is 1.33 bits per heavy atom. The molecule has 1 heterocycles. The van der Waals surface area contributed by atoms with Crippen LogP contribution in [0.2, 0.25) is 0 Å². The van der Waals surface area contributed by atoms with Crippen molar-refractivity contribution in [2.24, 2.45) is 0 Å². The predicted molar refractivity (Wildman–Crippen MR) is 76.5 cm³/mol. The summed E-state index contributed by atoms with van der Waals surface area (Å²) in [6.07, 6.45) is -6.42. The number of carboxylic acids is 1. The molecule has 2 rings (SSSR count). The van der Waals surface area contributed by atoms with E-state index in [2.05, 4.69) is 0 Å². The summed E-state index contributed by atoms with van der Waals surface area (Å²) in [6, 6.07) is 4.49. The monoisotopic (exact) mass is 345 g/mol. The lowest BCUT2D eigenvalue weighted by Crippen LogP contribution is -2.43. The summed E-state index contributed by atoms with van der Waals surface area (Å²) < 4.78 is 47.6. The van der Waals surface area contributed by atoms with Gasteiger partial charge in [0.05, 0.1) is 13.0 Å². The SMILES string of the molecule is COCc1c(C(=O)NC(CC(F)(F)F)C(=O)O)oc2ccccc12. The second kappa shape index (κ2) is 6.91. The molecule has 6 nitrogen and oxygen atoms in total. The molecule has 1 amide bonds. The van der Waals surface area contributed by atoms with Gasteiger partial charge in [-0.2, -0.15) is 13.2 Å². The number of carbonyl (C=O) groups is 2. The lowest BCUT2D eigenvalue weighted by Gasteiger charge is -2.15. The molecule has 9 heteroatoms. The summed E-state index contributed by atoms with van der Waals surface area (Å²) in [6.45, 7) is -0.0171. The summed E-state index contributed by atoms with van der Waals surface area (Å²) >= 11 is 0. The van der Waals surface area contributed by atoms with Gasteiger partial charge in [-0.25, -0.2) is 4.79 Å². The number of rotatable bonds is 6. The lowest BCUT2D eigenvalue weighted by molar-refractivity contribution is -0.157. The molecule has 0 radical (unpaired) electrons. The lowest BCUT2D eigenvalue weighted by atomic mass is 10.1. The third-order valence-electron chi connectivity index (χ3n) is 3.23. The molecule has 130 valence electrons. The number of para-hydroxylation sites is 1. The molecule has 2 aromatic rings. The van der Waals surface area contributed by atoms with Crippen molar-refractivity contribution >= 4 is 22.8 Å². The molecule has 2 N–H and O–H groups in total. The van der Waals surface area contributed by atoms with Crippen LogP contribution in [0.3, 0.4) is 0 Å². The minimum Gasteiger partial charge on any atom is -0.480 e. The molecule has 0 spiro atoms. The zero-order valence-electron chi connectivity index (χ0n) is 12.5. The average molecular weight is 345 g/mol. The van der Waals surface area contributed by atoms with Crippen molar-refractivity contribution in [3.05, 3.63) is 35.6 Å². The minimum absolute atomic E-state index is 0.0171. The molecule has 0 saturated carbocycles. The molecular formula is C15H14F3NO5. The maximum Gasteiger partial charge on any atom is 0.391 e. The number of hydrogen-bond acceptors (Lipinski definition) is 4. The van der Waals surface area contributed by atoms with Gasteiger partial charge in [0, 0.05) is 18.1 Å². The fourth-order valence-electron chi connectivity index (χ4n) is 2.23. The standard InChI is InChI=1S/C15H14F3NO5/c1-23-7-9-8-4-2-3-5-11(8)24-12(9)13(20)19-10(14(21)22)6-15(16,17)18/h2-5,10H,6-7H2,1H3,(H,19,20)(H,21,22). The number of halogens is 3. The van der Waals surface area contributed by atoms with Gasteiger partial charge in [0.15, 0.2) is 5.76 Å². The van der Waals surface area contributed by atoms with E-state index >= 15 is 0 Å². The van der Waals surface area contributed by atoms with Crippen molar-refractivity contribution in [1.29, 1.82) is 0 Å². The maximum atomic E-state index is 12.4. The van der Waals surface area contributed by atoms with Crippen LogP contribution in [0.25, 0.3) is 11.0 Å².